The van der Waals surface area contributed by atoms with Gasteiger partial charge in [-0.3, -0.25) is 9.69 Å². The lowest BCUT2D eigenvalue weighted by molar-refractivity contribution is -0.132. The molecule has 2 fully saturated rings. The van der Waals surface area contributed by atoms with Crippen molar-refractivity contribution < 1.29 is 4.79 Å². The lowest BCUT2D eigenvalue weighted by Crippen LogP contribution is -2.47. The number of rotatable bonds is 7. The summed E-state index contributed by atoms with van der Waals surface area (Å²) in [7, 11) is 0. The molecule has 200 valence electrons. The molecule has 0 bridgehead atoms. The molecular weight excluding hydrogens is 458 g/mol. The summed E-state index contributed by atoms with van der Waals surface area (Å²) in [4.78, 5) is 19.8. The highest BCUT2D eigenvalue weighted by Crippen LogP contribution is 2.25. The Morgan fingerprint density at radius 2 is 1.68 bits per heavy atom. The molecular formula is C31H45N5O. The first-order chi connectivity index (χ1) is 17.3. The standard InChI is InChI=1S/C30H41N5O.CH4/c1-30(2,3)25-9-11-28(12-10-25)34-20-18-33(19-21-34)15-5-8-29(36)35-16-13-26(14-17-35)32-27-7-4-6-24(22-27)23-31;/h4,6-7,9-12,22,26,32H,5,8,13-21H2,1-3H3;1H4. The van der Waals surface area contributed by atoms with E-state index in [4.69, 9.17) is 5.26 Å². The lowest BCUT2D eigenvalue weighted by atomic mass is 9.87. The predicted molar refractivity (Wildman–Crippen MR) is 154 cm³/mol. The molecule has 6 nitrogen and oxygen atoms in total. The van der Waals surface area contributed by atoms with Crippen LogP contribution >= 0.6 is 0 Å². The second-order valence-electron chi connectivity index (χ2n) is 11.2. The van der Waals surface area contributed by atoms with Crippen LogP contribution < -0.4 is 10.2 Å². The predicted octanol–water partition coefficient (Wildman–Crippen LogP) is 5.50. The van der Waals surface area contributed by atoms with E-state index in [2.05, 4.69) is 66.2 Å². The van der Waals surface area contributed by atoms with Gasteiger partial charge in [-0.25, -0.2) is 0 Å². The fourth-order valence-electron chi connectivity index (χ4n) is 5.20. The number of likely N-dealkylation sites (tertiary alicyclic amines) is 1. The summed E-state index contributed by atoms with van der Waals surface area (Å²) < 4.78 is 0. The molecule has 2 saturated heterocycles. The number of carbonyl (C=O) groups is 1. The van der Waals surface area contributed by atoms with Crippen LogP contribution in [0.1, 0.15) is 65.0 Å². The van der Waals surface area contributed by atoms with Gasteiger partial charge in [-0.05, 0) is 67.1 Å². The molecule has 0 unspecified atom stereocenters. The Morgan fingerprint density at radius 1 is 1.00 bits per heavy atom. The third-order valence-electron chi connectivity index (χ3n) is 7.55. The van der Waals surface area contributed by atoms with Crippen LogP contribution in [-0.4, -0.2) is 67.6 Å². The van der Waals surface area contributed by atoms with Gasteiger partial charge in [-0.1, -0.05) is 46.4 Å². The number of nitrogens with zero attached hydrogens (tertiary/aromatic N) is 4. The Labute approximate surface area is 224 Å². The van der Waals surface area contributed by atoms with E-state index in [1.807, 2.05) is 29.2 Å². The van der Waals surface area contributed by atoms with Gasteiger partial charge >= 0.3 is 0 Å². The summed E-state index contributed by atoms with van der Waals surface area (Å²) in [6, 6.07) is 19.2. The summed E-state index contributed by atoms with van der Waals surface area (Å²) in [6.07, 6.45) is 3.46. The highest BCUT2D eigenvalue weighted by atomic mass is 16.2. The molecule has 0 aliphatic carbocycles. The topological polar surface area (TPSA) is 62.6 Å². The zero-order valence-electron chi connectivity index (χ0n) is 22.2. The van der Waals surface area contributed by atoms with Crippen molar-refractivity contribution in [2.45, 2.75) is 65.3 Å². The normalized spacial score (nSPS) is 17.1. The first-order valence-electron chi connectivity index (χ1n) is 13.4. The number of carbonyl (C=O) groups excluding carboxylic acids is 1. The van der Waals surface area contributed by atoms with Crippen molar-refractivity contribution in [3.8, 4) is 6.07 Å². The summed E-state index contributed by atoms with van der Waals surface area (Å²) in [6.45, 7) is 13.6. The molecule has 2 aliphatic heterocycles. The monoisotopic (exact) mass is 503 g/mol. The molecule has 2 heterocycles. The van der Waals surface area contributed by atoms with Crippen LogP contribution in [-0.2, 0) is 10.2 Å². The number of benzene rings is 2. The molecule has 0 saturated carbocycles. The van der Waals surface area contributed by atoms with Crippen molar-refractivity contribution in [3.05, 3.63) is 59.7 Å². The second kappa shape index (κ2) is 13.0. The molecule has 0 radical (unpaired) electrons. The molecule has 1 N–H and O–H groups in total. The van der Waals surface area contributed by atoms with E-state index in [9.17, 15) is 4.79 Å². The van der Waals surface area contributed by atoms with Crippen LogP contribution in [0.15, 0.2) is 48.5 Å². The van der Waals surface area contributed by atoms with Crippen molar-refractivity contribution in [2.24, 2.45) is 0 Å². The minimum atomic E-state index is 0. The molecule has 6 heteroatoms. The molecule has 0 spiro atoms. The number of nitriles is 1. The van der Waals surface area contributed by atoms with Crippen LogP contribution in [0.4, 0.5) is 11.4 Å². The SMILES string of the molecule is C.CC(C)(C)c1ccc(N2CCN(CCCC(=O)N3CCC(Nc4cccc(C#N)c4)CC3)CC2)cc1. The van der Waals surface area contributed by atoms with Gasteiger partial charge in [0.25, 0.3) is 0 Å². The number of hydrogen-bond donors (Lipinski definition) is 1. The molecule has 0 aromatic heterocycles. The van der Waals surface area contributed by atoms with Gasteiger partial charge in [0.2, 0.25) is 5.91 Å². The third-order valence-corrected chi connectivity index (χ3v) is 7.55. The van der Waals surface area contributed by atoms with E-state index in [-0.39, 0.29) is 18.7 Å². The maximum absolute atomic E-state index is 12.8. The summed E-state index contributed by atoms with van der Waals surface area (Å²) in [5.74, 6) is 0.289. The minimum absolute atomic E-state index is 0. The van der Waals surface area contributed by atoms with Crippen molar-refractivity contribution in [3.63, 3.8) is 0 Å². The molecule has 2 aromatic rings. The lowest BCUT2D eigenvalue weighted by Gasteiger charge is -2.36. The zero-order chi connectivity index (χ0) is 25.5. The molecule has 1 amide bonds. The maximum atomic E-state index is 12.8. The summed E-state index contributed by atoms with van der Waals surface area (Å²) in [5, 5.41) is 12.6. The molecule has 4 rings (SSSR count). The number of hydrogen-bond acceptors (Lipinski definition) is 5. The first-order valence-corrected chi connectivity index (χ1v) is 13.4. The van der Waals surface area contributed by atoms with E-state index in [1.165, 1.54) is 11.3 Å². The Hall–Kier alpha value is -3.04. The Kier molecular flexibility index (Phi) is 10.00. The van der Waals surface area contributed by atoms with Gasteiger partial charge in [-0.15, -0.1) is 0 Å². The number of anilines is 2. The quantitative estimate of drug-likeness (QED) is 0.541. The van der Waals surface area contributed by atoms with Crippen LogP contribution in [0.2, 0.25) is 0 Å². The number of nitrogens with one attached hydrogen (secondary N) is 1. The van der Waals surface area contributed by atoms with E-state index < -0.39 is 0 Å². The minimum Gasteiger partial charge on any atom is -0.382 e. The third kappa shape index (κ3) is 7.97. The van der Waals surface area contributed by atoms with Gasteiger partial charge < -0.3 is 15.1 Å². The van der Waals surface area contributed by atoms with Gasteiger partial charge in [-0.2, -0.15) is 5.26 Å². The Balaban J connectivity index is 0.00000380. The maximum Gasteiger partial charge on any atom is 0.222 e. The largest absolute Gasteiger partial charge is 0.382 e. The van der Waals surface area contributed by atoms with E-state index >= 15 is 0 Å². The molecule has 2 aromatic carbocycles. The first kappa shape index (κ1) is 28.5. The van der Waals surface area contributed by atoms with Crippen molar-refractivity contribution >= 4 is 17.3 Å². The fourth-order valence-corrected chi connectivity index (χ4v) is 5.20. The molecule has 37 heavy (non-hydrogen) atoms. The van der Waals surface area contributed by atoms with Crippen molar-refractivity contribution in [2.75, 3.05) is 56.0 Å². The Bertz CT molecular complexity index is 1040. The van der Waals surface area contributed by atoms with Crippen molar-refractivity contribution in [1.29, 1.82) is 5.26 Å². The molecule has 0 atom stereocenters. The van der Waals surface area contributed by atoms with Crippen LogP contribution in [0.25, 0.3) is 0 Å². The fraction of sp³-hybridized carbons (Fsp3) is 0.548. The van der Waals surface area contributed by atoms with Gasteiger partial charge in [0, 0.05) is 63.1 Å². The second-order valence-corrected chi connectivity index (χ2v) is 11.2. The summed E-state index contributed by atoms with van der Waals surface area (Å²) >= 11 is 0. The van der Waals surface area contributed by atoms with Crippen LogP contribution in [0.5, 0.6) is 0 Å². The number of piperazine rings is 1. The smallest absolute Gasteiger partial charge is 0.222 e. The van der Waals surface area contributed by atoms with Crippen LogP contribution in [0, 0.1) is 11.3 Å². The highest BCUT2D eigenvalue weighted by Gasteiger charge is 2.23. The van der Waals surface area contributed by atoms with Gasteiger partial charge in [0.15, 0.2) is 0 Å². The summed E-state index contributed by atoms with van der Waals surface area (Å²) in [5.41, 5.74) is 4.53. The highest BCUT2D eigenvalue weighted by molar-refractivity contribution is 5.76. The number of amides is 1. The van der Waals surface area contributed by atoms with E-state index in [1.54, 1.807) is 0 Å². The number of piperidine rings is 1. The van der Waals surface area contributed by atoms with Gasteiger partial charge in [0.1, 0.15) is 0 Å². The van der Waals surface area contributed by atoms with E-state index in [0.29, 0.717) is 18.0 Å². The molecule has 2 aliphatic rings. The Morgan fingerprint density at radius 3 is 2.30 bits per heavy atom. The van der Waals surface area contributed by atoms with Gasteiger partial charge in [0.05, 0.1) is 11.6 Å². The average Bonchev–Trinajstić information content (AvgIpc) is 2.89. The van der Waals surface area contributed by atoms with Crippen molar-refractivity contribution in [1.82, 2.24) is 9.80 Å². The van der Waals surface area contributed by atoms with Crippen LogP contribution in [0.3, 0.4) is 0 Å². The average molecular weight is 504 g/mol. The van der Waals surface area contributed by atoms with E-state index in [0.717, 1.165) is 70.8 Å². The zero-order valence-corrected chi connectivity index (χ0v) is 22.2.